The van der Waals surface area contributed by atoms with Gasteiger partial charge >= 0.3 is 0 Å². The van der Waals surface area contributed by atoms with Crippen molar-refractivity contribution < 1.29 is 9.84 Å². The maximum Gasteiger partial charge on any atom is 0.117 e. The summed E-state index contributed by atoms with van der Waals surface area (Å²) in [5.41, 5.74) is 7.63. The Morgan fingerprint density at radius 1 is 1.47 bits per heavy atom. The summed E-state index contributed by atoms with van der Waals surface area (Å²) in [6, 6.07) is 5.20. The number of phenols is 1. The molecule has 1 aromatic rings. The average molecular weight is 207 g/mol. The Labute approximate surface area is 89.9 Å². The van der Waals surface area contributed by atoms with E-state index in [1.54, 1.807) is 12.1 Å². The minimum Gasteiger partial charge on any atom is -0.508 e. The third-order valence-corrected chi connectivity index (χ3v) is 2.89. The fourth-order valence-electron chi connectivity index (χ4n) is 2.05. The van der Waals surface area contributed by atoms with Crippen molar-refractivity contribution in [3.05, 3.63) is 23.8 Å². The zero-order valence-electron chi connectivity index (χ0n) is 8.78. The molecule has 1 atom stereocenters. The molecular formula is C12H17NO2. The molecule has 1 unspecified atom stereocenters. The maximum absolute atomic E-state index is 9.24. The Kier molecular flexibility index (Phi) is 3.11. The Morgan fingerprint density at radius 3 is 3.00 bits per heavy atom. The molecule has 1 aromatic carbocycles. The maximum atomic E-state index is 9.24. The first-order valence-corrected chi connectivity index (χ1v) is 5.41. The number of nitrogens with two attached hydrogens (primary N) is 1. The highest BCUT2D eigenvalue weighted by Gasteiger charge is 2.15. The molecule has 0 amide bonds. The predicted octanol–water partition coefficient (Wildman–Crippen LogP) is 1.94. The average Bonchev–Trinajstić information content (AvgIpc) is 2.24. The van der Waals surface area contributed by atoms with Crippen molar-refractivity contribution >= 4 is 5.69 Å². The van der Waals surface area contributed by atoms with Crippen molar-refractivity contribution in [3.63, 3.8) is 0 Å². The second-order valence-electron chi connectivity index (χ2n) is 4.17. The van der Waals surface area contributed by atoms with E-state index in [4.69, 9.17) is 10.5 Å². The van der Waals surface area contributed by atoms with Crippen molar-refractivity contribution in [1.82, 2.24) is 0 Å². The molecule has 1 fully saturated rings. The van der Waals surface area contributed by atoms with Gasteiger partial charge in [0, 0.05) is 25.0 Å². The van der Waals surface area contributed by atoms with E-state index in [1.165, 1.54) is 6.42 Å². The number of phenolic OH excluding ortho intramolecular Hbond substituents is 1. The van der Waals surface area contributed by atoms with E-state index in [0.29, 0.717) is 11.6 Å². The molecule has 15 heavy (non-hydrogen) atoms. The van der Waals surface area contributed by atoms with Crippen LogP contribution < -0.4 is 5.73 Å². The van der Waals surface area contributed by atoms with Crippen LogP contribution in [0, 0.1) is 5.92 Å². The van der Waals surface area contributed by atoms with Crippen LogP contribution >= 0.6 is 0 Å². The Balaban J connectivity index is 2.03. The molecule has 1 aliphatic heterocycles. The summed E-state index contributed by atoms with van der Waals surface area (Å²) in [5, 5.41) is 9.24. The van der Waals surface area contributed by atoms with E-state index in [-0.39, 0.29) is 5.75 Å². The van der Waals surface area contributed by atoms with E-state index < -0.39 is 0 Å². The first-order chi connectivity index (χ1) is 7.25. The fourth-order valence-corrected chi connectivity index (χ4v) is 2.05. The number of rotatable bonds is 2. The van der Waals surface area contributed by atoms with Gasteiger partial charge < -0.3 is 15.6 Å². The van der Waals surface area contributed by atoms with Gasteiger partial charge in [0.15, 0.2) is 0 Å². The van der Waals surface area contributed by atoms with E-state index in [0.717, 1.165) is 31.6 Å². The van der Waals surface area contributed by atoms with Crippen LogP contribution in [0.1, 0.15) is 18.4 Å². The number of ether oxygens (including phenoxy) is 1. The van der Waals surface area contributed by atoms with Crippen LogP contribution in [-0.2, 0) is 11.2 Å². The molecule has 0 bridgehead atoms. The van der Waals surface area contributed by atoms with E-state index in [1.807, 2.05) is 6.07 Å². The number of aromatic hydroxyl groups is 1. The topological polar surface area (TPSA) is 55.5 Å². The highest BCUT2D eigenvalue weighted by Crippen LogP contribution is 2.24. The number of anilines is 1. The van der Waals surface area contributed by atoms with Crippen LogP contribution in [0.4, 0.5) is 5.69 Å². The summed E-state index contributed by atoms with van der Waals surface area (Å²) < 4.78 is 5.43. The highest BCUT2D eigenvalue weighted by molar-refractivity contribution is 5.51. The monoisotopic (exact) mass is 207 g/mol. The van der Waals surface area contributed by atoms with Gasteiger partial charge in [-0.25, -0.2) is 0 Å². The van der Waals surface area contributed by atoms with Crippen LogP contribution in [0.25, 0.3) is 0 Å². The Hall–Kier alpha value is -1.22. The second-order valence-corrected chi connectivity index (χ2v) is 4.17. The number of hydrogen-bond acceptors (Lipinski definition) is 3. The predicted molar refractivity (Wildman–Crippen MR) is 59.8 cm³/mol. The molecule has 1 heterocycles. The van der Waals surface area contributed by atoms with Crippen molar-refractivity contribution in [2.75, 3.05) is 18.9 Å². The molecule has 0 aliphatic carbocycles. The van der Waals surface area contributed by atoms with Gasteiger partial charge in [0.1, 0.15) is 5.75 Å². The third kappa shape index (κ3) is 2.63. The van der Waals surface area contributed by atoms with Crippen LogP contribution in [0.3, 0.4) is 0 Å². The third-order valence-electron chi connectivity index (χ3n) is 2.89. The molecule has 0 saturated carbocycles. The normalized spacial score (nSPS) is 21.5. The summed E-state index contributed by atoms with van der Waals surface area (Å²) in [7, 11) is 0. The fraction of sp³-hybridized carbons (Fsp3) is 0.500. The lowest BCUT2D eigenvalue weighted by Gasteiger charge is -2.22. The molecule has 0 aromatic heterocycles. The second kappa shape index (κ2) is 4.53. The standard InChI is InChI=1S/C12H17NO2/c13-12-7-11(14)4-3-10(12)6-9-2-1-5-15-8-9/h3-4,7,9,14H,1-2,5-6,8,13H2. The van der Waals surface area contributed by atoms with E-state index >= 15 is 0 Å². The molecule has 0 radical (unpaired) electrons. The van der Waals surface area contributed by atoms with E-state index in [2.05, 4.69) is 0 Å². The van der Waals surface area contributed by atoms with Crippen molar-refractivity contribution in [1.29, 1.82) is 0 Å². The van der Waals surface area contributed by atoms with Gasteiger partial charge in [-0.2, -0.15) is 0 Å². The van der Waals surface area contributed by atoms with E-state index in [9.17, 15) is 5.11 Å². The molecule has 2 rings (SSSR count). The largest absolute Gasteiger partial charge is 0.508 e. The van der Waals surface area contributed by atoms with Gasteiger partial charge in [0.05, 0.1) is 0 Å². The lowest BCUT2D eigenvalue weighted by atomic mass is 9.93. The molecule has 1 aliphatic rings. The van der Waals surface area contributed by atoms with Crippen molar-refractivity contribution in [3.8, 4) is 5.75 Å². The lowest BCUT2D eigenvalue weighted by Crippen LogP contribution is -2.19. The van der Waals surface area contributed by atoms with Gasteiger partial charge in [-0.1, -0.05) is 6.07 Å². The Morgan fingerprint density at radius 2 is 2.33 bits per heavy atom. The molecule has 1 saturated heterocycles. The molecular weight excluding hydrogens is 190 g/mol. The minimum absolute atomic E-state index is 0.233. The van der Waals surface area contributed by atoms with Crippen LogP contribution in [-0.4, -0.2) is 18.3 Å². The summed E-state index contributed by atoms with van der Waals surface area (Å²) in [6.07, 6.45) is 3.30. The van der Waals surface area contributed by atoms with Gasteiger partial charge in [0.2, 0.25) is 0 Å². The van der Waals surface area contributed by atoms with Gasteiger partial charge in [-0.3, -0.25) is 0 Å². The molecule has 3 N–H and O–H groups in total. The molecule has 3 nitrogen and oxygen atoms in total. The van der Waals surface area contributed by atoms with Crippen LogP contribution in [0.5, 0.6) is 5.75 Å². The molecule has 3 heteroatoms. The number of hydrogen-bond donors (Lipinski definition) is 2. The zero-order valence-corrected chi connectivity index (χ0v) is 8.78. The first kappa shape index (κ1) is 10.3. The van der Waals surface area contributed by atoms with Gasteiger partial charge in [-0.05, 0) is 36.8 Å². The number of benzene rings is 1. The first-order valence-electron chi connectivity index (χ1n) is 5.41. The summed E-state index contributed by atoms with van der Waals surface area (Å²) in [5.74, 6) is 0.807. The minimum atomic E-state index is 0.233. The molecule has 0 spiro atoms. The molecule has 82 valence electrons. The number of nitrogen functional groups attached to an aromatic ring is 1. The SMILES string of the molecule is Nc1cc(O)ccc1CC1CCCOC1. The van der Waals surface area contributed by atoms with Crippen LogP contribution in [0.2, 0.25) is 0 Å². The lowest BCUT2D eigenvalue weighted by molar-refractivity contribution is 0.0551. The zero-order chi connectivity index (χ0) is 10.7. The van der Waals surface area contributed by atoms with Gasteiger partial charge in [-0.15, -0.1) is 0 Å². The highest BCUT2D eigenvalue weighted by atomic mass is 16.5. The Bertz CT molecular complexity index is 332. The summed E-state index contributed by atoms with van der Waals surface area (Å²) in [4.78, 5) is 0. The summed E-state index contributed by atoms with van der Waals surface area (Å²) >= 11 is 0. The summed E-state index contributed by atoms with van der Waals surface area (Å²) in [6.45, 7) is 1.72. The van der Waals surface area contributed by atoms with Crippen LogP contribution in [0.15, 0.2) is 18.2 Å². The van der Waals surface area contributed by atoms with Crippen molar-refractivity contribution in [2.45, 2.75) is 19.3 Å². The smallest absolute Gasteiger partial charge is 0.117 e. The van der Waals surface area contributed by atoms with Crippen molar-refractivity contribution in [2.24, 2.45) is 5.92 Å². The quantitative estimate of drug-likeness (QED) is 0.729. The van der Waals surface area contributed by atoms with Gasteiger partial charge in [0.25, 0.3) is 0 Å².